The average molecular weight is 664 g/mol. The molecule has 0 aromatic heterocycles. The summed E-state index contributed by atoms with van der Waals surface area (Å²) in [6.45, 7) is 12.7. The molecule has 0 aliphatic carbocycles. The fourth-order valence-electron chi connectivity index (χ4n) is 6.07. The number of piperidine rings is 1. The minimum absolute atomic E-state index is 0.0317. The number of alkyl halides is 1. The van der Waals surface area contributed by atoms with E-state index < -0.39 is 23.9 Å². The van der Waals surface area contributed by atoms with Crippen molar-refractivity contribution in [3.8, 4) is 11.5 Å². The number of ether oxygens (including phenoxy) is 2. The largest absolute Gasteiger partial charge is 0.457 e. The molecule has 2 amide bonds. The summed E-state index contributed by atoms with van der Waals surface area (Å²) in [5.74, 6) is -0.862. The van der Waals surface area contributed by atoms with Gasteiger partial charge in [-0.25, -0.2) is 8.78 Å². The smallest absolute Gasteiger partial charge is 0.254 e. The van der Waals surface area contributed by atoms with Gasteiger partial charge in [-0.1, -0.05) is 13.8 Å². The Kier molecular flexibility index (Phi) is 13.2. The highest BCUT2D eigenvalue weighted by Crippen LogP contribution is 2.31. The maximum absolute atomic E-state index is 15.5. The van der Waals surface area contributed by atoms with Gasteiger partial charge in [-0.05, 0) is 85.7 Å². The normalized spacial score (nSPS) is 20.4. The molecule has 0 bridgehead atoms. The lowest BCUT2D eigenvalue weighted by Gasteiger charge is -2.41. The Bertz CT molecular complexity index is 1490. The molecule has 3 N–H and O–H groups in total. The lowest BCUT2D eigenvalue weighted by molar-refractivity contribution is -0.128. The van der Waals surface area contributed by atoms with Crippen LogP contribution >= 0.6 is 0 Å². The minimum atomic E-state index is -1.29. The molecule has 258 valence electrons. The molecule has 0 unspecified atom stereocenters. The van der Waals surface area contributed by atoms with Crippen molar-refractivity contribution >= 4 is 23.2 Å². The molecule has 3 heterocycles. The van der Waals surface area contributed by atoms with Gasteiger partial charge >= 0.3 is 0 Å². The summed E-state index contributed by atoms with van der Waals surface area (Å²) < 4.78 is 42.3. The molecule has 11 heteroatoms. The van der Waals surface area contributed by atoms with Gasteiger partial charge in [0.1, 0.15) is 23.5 Å². The minimum Gasteiger partial charge on any atom is -0.457 e. The van der Waals surface area contributed by atoms with Crippen molar-refractivity contribution in [3.05, 3.63) is 84.2 Å². The van der Waals surface area contributed by atoms with Crippen LogP contribution in [-0.2, 0) is 16.1 Å². The van der Waals surface area contributed by atoms with Gasteiger partial charge in [0, 0.05) is 63.1 Å². The molecular weight excluding hydrogens is 616 g/mol. The molecule has 0 radical (unpaired) electrons. The van der Waals surface area contributed by atoms with Crippen LogP contribution in [0.15, 0.2) is 61.7 Å². The maximum atomic E-state index is 15.5. The fourth-order valence-corrected chi connectivity index (χ4v) is 6.07. The van der Waals surface area contributed by atoms with E-state index in [9.17, 15) is 9.59 Å². The number of halogens is 2. The van der Waals surface area contributed by atoms with Crippen LogP contribution in [-0.4, -0.2) is 84.1 Å². The van der Waals surface area contributed by atoms with Gasteiger partial charge < -0.3 is 30.5 Å². The average Bonchev–Trinajstić information content (AvgIpc) is 3.50. The van der Waals surface area contributed by atoms with Gasteiger partial charge in [0.25, 0.3) is 5.91 Å². The summed E-state index contributed by atoms with van der Waals surface area (Å²) in [7, 11) is 0. The number of carbonyl (C=O) groups excluding carboxylic acids is 2. The van der Waals surface area contributed by atoms with Crippen molar-refractivity contribution in [2.75, 3.05) is 32.8 Å². The second-order valence-electron chi connectivity index (χ2n) is 12.6. The van der Waals surface area contributed by atoms with Crippen molar-refractivity contribution in [2.24, 2.45) is 5.92 Å². The molecule has 0 saturated carbocycles. The molecule has 2 atom stereocenters. The molecule has 9 nitrogen and oxygen atoms in total. The van der Waals surface area contributed by atoms with Crippen LogP contribution in [0.1, 0.15) is 67.4 Å². The Hall–Kier alpha value is -4.22. The van der Waals surface area contributed by atoms with E-state index in [4.69, 9.17) is 20.3 Å². The third-order valence-electron chi connectivity index (χ3n) is 8.97. The van der Waals surface area contributed by atoms with E-state index in [1.807, 2.05) is 13.8 Å². The molecule has 0 spiro atoms. The van der Waals surface area contributed by atoms with E-state index in [0.29, 0.717) is 68.2 Å². The van der Waals surface area contributed by atoms with Gasteiger partial charge in [-0.3, -0.25) is 14.5 Å². The molecule has 5 rings (SSSR count). The van der Waals surface area contributed by atoms with Crippen LogP contribution in [0.3, 0.4) is 0 Å². The van der Waals surface area contributed by atoms with Crippen LogP contribution < -0.4 is 10.1 Å². The second-order valence-corrected chi connectivity index (χ2v) is 12.6. The van der Waals surface area contributed by atoms with Gasteiger partial charge in [0.2, 0.25) is 5.91 Å². The van der Waals surface area contributed by atoms with Gasteiger partial charge in [0.15, 0.2) is 0 Å². The van der Waals surface area contributed by atoms with E-state index in [2.05, 4.69) is 23.4 Å². The SMILES string of the molecule is C=C.CC(C)C(=N)/C=C\C(=N)c1ccc(Oc2cc(C(=O)N[C@@H]3CCN(C4CCOCC4)C[C@@H]3F)c(F)cc2CN2CCCC2=O)cc1. The van der Waals surface area contributed by atoms with Crippen LogP contribution in [0, 0.1) is 22.6 Å². The number of hydrogen-bond donors (Lipinski definition) is 3. The highest BCUT2D eigenvalue weighted by atomic mass is 19.1. The van der Waals surface area contributed by atoms with Gasteiger partial charge in [-0.15, -0.1) is 13.2 Å². The number of carbonyl (C=O) groups is 2. The lowest BCUT2D eigenvalue weighted by atomic mass is 9.98. The summed E-state index contributed by atoms with van der Waals surface area (Å²) in [6.07, 6.45) is 5.17. The summed E-state index contributed by atoms with van der Waals surface area (Å²) in [6, 6.07) is 8.81. The van der Waals surface area contributed by atoms with Crippen molar-refractivity contribution in [1.82, 2.24) is 15.1 Å². The quantitative estimate of drug-likeness (QED) is 0.188. The van der Waals surface area contributed by atoms with Crippen molar-refractivity contribution in [1.29, 1.82) is 10.8 Å². The Balaban J connectivity index is 0.00000255. The number of amides is 2. The fraction of sp³-hybridized carbons (Fsp3) is 0.459. The van der Waals surface area contributed by atoms with Crippen LogP contribution in [0.5, 0.6) is 11.5 Å². The maximum Gasteiger partial charge on any atom is 0.254 e. The highest BCUT2D eigenvalue weighted by Gasteiger charge is 2.35. The standard InChI is InChI=1S/C35H43F2N5O4.C2H4/c1-22(2)30(38)9-10-31(39)23-5-7-26(8-6-23)46-33-19-27(28(36)18-24(33)20-42-14-3-4-34(42)43)35(44)40-32-11-15-41(21-29(32)37)25-12-16-45-17-13-25;1-2/h5-10,18-19,22,25,29,32,38-39H,3-4,11-17,20-21H2,1-2H3,(H,40,44);1-2H2/b10-9-,38-30?,39-31?;/t29-,32+;/m0./s1. The Morgan fingerprint density at radius 2 is 1.81 bits per heavy atom. The first-order valence-corrected chi connectivity index (χ1v) is 16.6. The number of nitrogens with one attached hydrogen (secondary N) is 3. The first-order valence-electron chi connectivity index (χ1n) is 16.6. The number of allylic oxidation sites excluding steroid dienone is 2. The van der Waals surface area contributed by atoms with E-state index in [0.717, 1.165) is 12.8 Å². The Morgan fingerprint density at radius 3 is 2.44 bits per heavy atom. The first-order chi connectivity index (χ1) is 23.1. The summed E-state index contributed by atoms with van der Waals surface area (Å²) in [5, 5.41) is 19.0. The molecule has 3 aliphatic rings. The number of rotatable bonds is 11. The molecule has 48 heavy (non-hydrogen) atoms. The van der Waals surface area contributed by atoms with Crippen LogP contribution in [0.2, 0.25) is 0 Å². The zero-order chi connectivity index (χ0) is 34.8. The highest BCUT2D eigenvalue weighted by molar-refractivity contribution is 6.10. The number of benzene rings is 2. The molecule has 3 saturated heterocycles. The predicted molar refractivity (Wildman–Crippen MR) is 184 cm³/mol. The topological polar surface area (TPSA) is 119 Å². The summed E-state index contributed by atoms with van der Waals surface area (Å²) in [4.78, 5) is 29.4. The van der Waals surface area contributed by atoms with Crippen LogP contribution in [0.4, 0.5) is 8.78 Å². The third kappa shape index (κ3) is 9.44. The predicted octanol–water partition coefficient (Wildman–Crippen LogP) is 6.46. The second kappa shape index (κ2) is 17.3. The summed E-state index contributed by atoms with van der Waals surface area (Å²) in [5.41, 5.74) is 1.42. The van der Waals surface area contributed by atoms with Crippen LogP contribution in [0.25, 0.3) is 0 Å². The van der Waals surface area contributed by atoms with E-state index in [-0.39, 0.29) is 48.0 Å². The zero-order valence-electron chi connectivity index (χ0n) is 27.9. The van der Waals surface area contributed by atoms with Crippen molar-refractivity contribution < 1.29 is 27.8 Å². The molecule has 2 aromatic carbocycles. The lowest BCUT2D eigenvalue weighted by Crippen LogP contribution is -2.55. The van der Waals surface area contributed by atoms with E-state index in [1.54, 1.807) is 41.3 Å². The monoisotopic (exact) mass is 663 g/mol. The summed E-state index contributed by atoms with van der Waals surface area (Å²) >= 11 is 0. The first kappa shape index (κ1) is 36.6. The molecule has 3 fully saturated rings. The number of likely N-dealkylation sites (tertiary alicyclic amines) is 2. The molecule has 2 aromatic rings. The number of hydrogen-bond acceptors (Lipinski definition) is 7. The Labute approximate surface area is 282 Å². The Morgan fingerprint density at radius 1 is 1.10 bits per heavy atom. The van der Waals surface area contributed by atoms with E-state index in [1.165, 1.54) is 12.1 Å². The van der Waals surface area contributed by atoms with Gasteiger partial charge in [-0.2, -0.15) is 0 Å². The molecular formula is C37H47F2N5O4. The van der Waals surface area contributed by atoms with Crippen molar-refractivity contribution in [3.63, 3.8) is 0 Å². The van der Waals surface area contributed by atoms with Crippen molar-refractivity contribution in [2.45, 2.75) is 70.8 Å². The zero-order valence-corrected chi connectivity index (χ0v) is 27.9. The third-order valence-corrected chi connectivity index (χ3v) is 8.97. The molecule has 3 aliphatic heterocycles. The number of nitrogens with zero attached hydrogens (tertiary/aromatic N) is 2. The van der Waals surface area contributed by atoms with Gasteiger partial charge in [0.05, 0.1) is 17.3 Å². The van der Waals surface area contributed by atoms with E-state index >= 15 is 8.78 Å².